The van der Waals surface area contributed by atoms with E-state index < -0.39 is 11.9 Å². The maximum Gasteiger partial charge on any atom is 0.290 e. The highest BCUT2D eigenvalue weighted by Crippen LogP contribution is 2.44. The number of aliphatic hydroxyl groups is 1. The van der Waals surface area contributed by atoms with Crippen LogP contribution in [0.1, 0.15) is 22.7 Å². The van der Waals surface area contributed by atoms with E-state index in [1.165, 1.54) is 0 Å². The van der Waals surface area contributed by atoms with Gasteiger partial charge in [-0.1, -0.05) is 54.1 Å². The van der Waals surface area contributed by atoms with Crippen LogP contribution in [-0.4, -0.2) is 30.1 Å². The Kier molecular flexibility index (Phi) is 5.87. The van der Waals surface area contributed by atoms with Gasteiger partial charge in [-0.3, -0.25) is 4.79 Å². The molecule has 1 heterocycles. The topological polar surface area (TPSA) is 59.0 Å². The summed E-state index contributed by atoms with van der Waals surface area (Å²) in [4.78, 5) is 14.8. The molecular formula is C25H22ClNO4. The Hall–Kier alpha value is -3.44. The van der Waals surface area contributed by atoms with Gasteiger partial charge in [0.25, 0.3) is 5.91 Å². The first-order valence-electron chi connectivity index (χ1n) is 9.79. The number of hydrogen-bond donors (Lipinski definition) is 1. The molecule has 1 N–H and O–H groups in total. The van der Waals surface area contributed by atoms with Gasteiger partial charge in [-0.15, -0.1) is 0 Å². The van der Waals surface area contributed by atoms with Gasteiger partial charge in [-0.25, -0.2) is 0 Å². The predicted molar refractivity (Wildman–Crippen MR) is 120 cm³/mol. The Morgan fingerprint density at radius 1 is 0.935 bits per heavy atom. The van der Waals surface area contributed by atoms with Gasteiger partial charge >= 0.3 is 0 Å². The number of ether oxygens (including phenoxy) is 2. The second-order valence-electron chi connectivity index (χ2n) is 7.19. The number of carbonyl (C=O) groups excluding carboxylic acids is 1. The summed E-state index contributed by atoms with van der Waals surface area (Å²) in [6.45, 7) is 0.278. The van der Waals surface area contributed by atoms with Crippen molar-refractivity contribution in [1.82, 2.24) is 4.90 Å². The molecule has 1 amide bonds. The third-order valence-corrected chi connectivity index (χ3v) is 5.68. The summed E-state index contributed by atoms with van der Waals surface area (Å²) in [6, 6.07) is 21.7. The molecule has 0 aromatic heterocycles. The maximum atomic E-state index is 13.2. The number of nitrogens with zero attached hydrogens (tertiary/aromatic N) is 1. The molecule has 4 rings (SSSR count). The van der Waals surface area contributed by atoms with Crippen molar-refractivity contribution in [3.05, 3.63) is 100 Å². The minimum atomic E-state index is -0.483. The molecule has 3 aromatic carbocycles. The number of rotatable bonds is 6. The summed E-state index contributed by atoms with van der Waals surface area (Å²) >= 11 is 6.10. The van der Waals surface area contributed by atoms with E-state index in [0.29, 0.717) is 22.1 Å². The average Bonchev–Trinajstić information content (AvgIpc) is 3.05. The van der Waals surface area contributed by atoms with Crippen LogP contribution in [0.4, 0.5) is 0 Å². The Labute approximate surface area is 186 Å². The average molecular weight is 436 g/mol. The van der Waals surface area contributed by atoms with E-state index in [1.54, 1.807) is 31.3 Å². The first kappa shape index (κ1) is 20.8. The molecule has 6 heteroatoms. The molecule has 1 unspecified atom stereocenters. The van der Waals surface area contributed by atoms with Gasteiger partial charge in [-0.2, -0.15) is 0 Å². The molecule has 5 nitrogen and oxygen atoms in total. The van der Waals surface area contributed by atoms with Crippen LogP contribution < -0.4 is 9.47 Å². The predicted octanol–water partition coefficient (Wildman–Crippen LogP) is 5.41. The van der Waals surface area contributed by atoms with Crippen LogP contribution in [-0.2, 0) is 11.3 Å². The van der Waals surface area contributed by atoms with Crippen molar-refractivity contribution < 1.29 is 19.4 Å². The van der Waals surface area contributed by atoms with E-state index in [0.717, 1.165) is 16.7 Å². The van der Waals surface area contributed by atoms with Crippen molar-refractivity contribution in [2.45, 2.75) is 12.6 Å². The fourth-order valence-electron chi connectivity index (χ4n) is 3.89. The largest absolute Gasteiger partial charge is 0.503 e. The number of halogens is 1. The second kappa shape index (κ2) is 8.74. The van der Waals surface area contributed by atoms with E-state index in [-0.39, 0.29) is 12.3 Å². The monoisotopic (exact) mass is 435 g/mol. The zero-order chi connectivity index (χ0) is 22.0. The molecule has 3 aromatic rings. The van der Waals surface area contributed by atoms with Gasteiger partial charge in [0.15, 0.2) is 5.76 Å². The molecule has 0 fully saturated rings. The van der Waals surface area contributed by atoms with Gasteiger partial charge in [0.1, 0.15) is 11.5 Å². The summed E-state index contributed by atoms with van der Waals surface area (Å²) in [5.74, 6) is 0.682. The number of amides is 1. The Morgan fingerprint density at radius 2 is 1.61 bits per heavy atom. The van der Waals surface area contributed by atoms with Crippen LogP contribution in [0, 0.1) is 0 Å². The summed E-state index contributed by atoms with van der Waals surface area (Å²) in [7, 11) is 3.19. The van der Waals surface area contributed by atoms with Gasteiger partial charge < -0.3 is 19.5 Å². The van der Waals surface area contributed by atoms with Gasteiger partial charge in [0.2, 0.25) is 0 Å². The first-order valence-corrected chi connectivity index (χ1v) is 10.2. The van der Waals surface area contributed by atoms with E-state index in [1.807, 2.05) is 60.7 Å². The molecule has 31 heavy (non-hydrogen) atoms. The molecule has 0 aliphatic carbocycles. The number of methoxy groups -OCH3 is 2. The van der Waals surface area contributed by atoms with Gasteiger partial charge in [0, 0.05) is 16.2 Å². The maximum absolute atomic E-state index is 13.2. The molecule has 1 atom stereocenters. The molecule has 0 spiro atoms. The van der Waals surface area contributed by atoms with E-state index >= 15 is 0 Å². The van der Waals surface area contributed by atoms with E-state index in [4.69, 9.17) is 21.1 Å². The number of hydrogen-bond acceptors (Lipinski definition) is 4. The van der Waals surface area contributed by atoms with Crippen LogP contribution >= 0.6 is 11.6 Å². The number of carbonyl (C=O) groups is 1. The first-order chi connectivity index (χ1) is 15.0. The summed E-state index contributed by atoms with van der Waals surface area (Å²) in [6.07, 6.45) is 0. The van der Waals surface area contributed by atoms with Crippen LogP contribution in [0.5, 0.6) is 11.5 Å². The van der Waals surface area contributed by atoms with Crippen molar-refractivity contribution in [2.24, 2.45) is 0 Å². The third kappa shape index (κ3) is 3.97. The lowest BCUT2D eigenvalue weighted by Gasteiger charge is -2.28. The fourth-order valence-corrected chi connectivity index (χ4v) is 4.02. The smallest absolute Gasteiger partial charge is 0.290 e. The van der Waals surface area contributed by atoms with Crippen molar-refractivity contribution in [3.63, 3.8) is 0 Å². The van der Waals surface area contributed by atoms with E-state index in [9.17, 15) is 9.90 Å². The zero-order valence-electron chi connectivity index (χ0n) is 17.2. The lowest BCUT2D eigenvalue weighted by molar-refractivity contribution is -0.130. The highest BCUT2D eigenvalue weighted by molar-refractivity contribution is 6.30. The van der Waals surface area contributed by atoms with Gasteiger partial charge in [-0.05, 0) is 41.5 Å². The Morgan fingerprint density at radius 3 is 2.26 bits per heavy atom. The molecule has 1 aliphatic heterocycles. The summed E-state index contributed by atoms with van der Waals surface area (Å²) < 4.78 is 10.7. The highest BCUT2D eigenvalue weighted by atomic mass is 35.5. The number of aliphatic hydroxyl groups excluding tert-OH is 1. The van der Waals surface area contributed by atoms with Gasteiger partial charge in [0.05, 0.1) is 26.8 Å². The standard InChI is InChI=1S/C25H22ClNO4/c1-30-20-13-9-16(10-14-20)22-23(17-7-11-19(26)12-8-17)27(25(29)24(22)28)15-18-5-3-4-6-21(18)31-2/h3-14,23,28H,15H2,1-2H3. The van der Waals surface area contributed by atoms with Crippen molar-refractivity contribution in [1.29, 1.82) is 0 Å². The van der Waals surface area contributed by atoms with Crippen LogP contribution in [0.15, 0.2) is 78.6 Å². The lowest BCUT2D eigenvalue weighted by atomic mass is 9.93. The van der Waals surface area contributed by atoms with Crippen molar-refractivity contribution in [2.75, 3.05) is 14.2 Å². The molecule has 158 valence electrons. The SMILES string of the molecule is COc1ccc(C2=C(O)C(=O)N(Cc3ccccc3OC)C2c2ccc(Cl)cc2)cc1. The fraction of sp³-hybridized carbons (Fsp3) is 0.160. The quantitative estimate of drug-likeness (QED) is 0.562. The van der Waals surface area contributed by atoms with Crippen molar-refractivity contribution in [3.8, 4) is 11.5 Å². The highest BCUT2D eigenvalue weighted by Gasteiger charge is 2.41. The molecular weight excluding hydrogens is 414 g/mol. The molecule has 0 saturated heterocycles. The normalized spacial score (nSPS) is 16.0. The Balaban J connectivity index is 1.81. The van der Waals surface area contributed by atoms with Crippen LogP contribution in [0.3, 0.4) is 0 Å². The zero-order valence-corrected chi connectivity index (χ0v) is 18.0. The second-order valence-corrected chi connectivity index (χ2v) is 7.63. The Bertz CT molecular complexity index is 1120. The minimum Gasteiger partial charge on any atom is -0.503 e. The molecule has 0 saturated carbocycles. The van der Waals surface area contributed by atoms with Crippen LogP contribution in [0.2, 0.25) is 5.02 Å². The molecule has 0 radical (unpaired) electrons. The number of benzene rings is 3. The number of para-hydroxylation sites is 1. The molecule has 1 aliphatic rings. The molecule has 0 bridgehead atoms. The third-order valence-electron chi connectivity index (χ3n) is 5.42. The summed E-state index contributed by atoms with van der Waals surface area (Å²) in [5, 5.41) is 11.5. The van der Waals surface area contributed by atoms with Crippen LogP contribution in [0.25, 0.3) is 5.57 Å². The summed E-state index contributed by atoms with van der Waals surface area (Å²) in [5.41, 5.74) is 2.99. The van der Waals surface area contributed by atoms with Crippen molar-refractivity contribution >= 4 is 23.1 Å². The minimum absolute atomic E-state index is 0.264. The van der Waals surface area contributed by atoms with E-state index in [2.05, 4.69) is 0 Å². The lowest BCUT2D eigenvalue weighted by Crippen LogP contribution is -2.30.